The van der Waals surface area contributed by atoms with Gasteiger partial charge >= 0.3 is 0 Å². The molecule has 0 N–H and O–H groups in total. The number of nitrogens with zero attached hydrogens (tertiary/aromatic N) is 1. The summed E-state index contributed by atoms with van der Waals surface area (Å²) in [4.78, 5) is 5.40. The monoisotopic (exact) mass is 561 g/mol. The van der Waals surface area contributed by atoms with E-state index in [4.69, 9.17) is 0 Å². The fourth-order valence-electron chi connectivity index (χ4n) is 6.15. The van der Waals surface area contributed by atoms with Crippen LogP contribution in [-0.4, -0.2) is 4.57 Å². The van der Waals surface area contributed by atoms with Crippen LogP contribution in [0.4, 0.5) is 0 Å². The molecule has 7 aromatic rings. The second kappa shape index (κ2) is 9.73. The molecule has 0 unspecified atom stereocenters. The van der Waals surface area contributed by atoms with Crippen molar-refractivity contribution >= 4 is 45.3 Å². The van der Waals surface area contributed by atoms with Gasteiger partial charge in [-0.3, -0.25) is 0 Å². The minimum atomic E-state index is 1.18. The first-order chi connectivity index (χ1) is 20.2. The minimum Gasteiger partial charge on any atom is -0.309 e. The quantitative estimate of drug-likeness (QED) is 0.211. The number of benzene rings is 6. The van der Waals surface area contributed by atoms with Gasteiger partial charge in [0.1, 0.15) is 0 Å². The van der Waals surface area contributed by atoms with Crippen LogP contribution in [0.3, 0.4) is 0 Å². The highest BCUT2D eigenvalue weighted by Gasteiger charge is 2.26. The molecule has 0 radical (unpaired) electrons. The van der Waals surface area contributed by atoms with Crippen molar-refractivity contribution < 1.29 is 0 Å². The number of rotatable bonds is 3. The van der Waals surface area contributed by atoms with Crippen LogP contribution in [-0.2, 0) is 0 Å². The third-order valence-corrected chi connectivity index (χ3v) is 10.8. The van der Waals surface area contributed by atoms with E-state index in [1.165, 1.54) is 80.5 Å². The maximum Gasteiger partial charge on any atom is 0.0553 e. The first-order valence-electron chi connectivity index (χ1n) is 13.9. The first kappa shape index (κ1) is 24.6. The van der Waals surface area contributed by atoms with Gasteiger partial charge in [-0.25, -0.2) is 0 Å². The second-order valence-corrected chi connectivity index (χ2v) is 12.8. The number of hydrogen-bond acceptors (Lipinski definition) is 2. The molecule has 0 atom stereocenters. The van der Waals surface area contributed by atoms with Gasteiger partial charge in [0.25, 0.3) is 0 Å². The Morgan fingerprint density at radius 3 is 1.98 bits per heavy atom. The van der Waals surface area contributed by atoms with Gasteiger partial charge in [0.15, 0.2) is 0 Å². The molecule has 41 heavy (non-hydrogen) atoms. The van der Waals surface area contributed by atoms with Gasteiger partial charge in [-0.2, -0.15) is 0 Å². The Labute approximate surface area is 248 Å². The van der Waals surface area contributed by atoms with Crippen molar-refractivity contribution in [3.63, 3.8) is 0 Å². The van der Waals surface area contributed by atoms with Gasteiger partial charge < -0.3 is 4.57 Å². The molecule has 1 aromatic heterocycles. The molecule has 0 aliphatic carbocycles. The predicted octanol–water partition coefficient (Wildman–Crippen LogP) is 11.4. The Balaban J connectivity index is 1.30. The zero-order valence-electron chi connectivity index (χ0n) is 22.9. The average molecular weight is 562 g/mol. The molecule has 0 bridgehead atoms. The maximum absolute atomic E-state index is 2.42. The lowest BCUT2D eigenvalue weighted by Gasteiger charge is -2.24. The average Bonchev–Trinajstić information content (AvgIpc) is 3.36. The number of aryl methyl sites for hydroxylation is 2. The summed E-state index contributed by atoms with van der Waals surface area (Å²) in [5.74, 6) is 0. The van der Waals surface area contributed by atoms with Crippen molar-refractivity contribution in [2.24, 2.45) is 0 Å². The van der Waals surface area contributed by atoms with Gasteiger partial charge in [-0.15, -0.1) is 0 Å². The Morgan fingerprint density at radius 2 is 1.15 bits per heavy atom. The van der Waals surface area contributed by atoms with Crippen LogP contribution in [0, 0.1) is 13.8 Å². The Hall–Kier alpha value is -4.18. The molecule has 1 nitrogen and oxygen atoms in total. The molecule has 1 aliphatic rings. The molecular weight excluding hydrogens is 535 g/mol. The molecule has 2 heterocycles. The SMILES string of the molecule is Cc1ccccc1-c1c(C)ccc2c1Sc1ccc3c(c1S2)c1ccccc1n3-c1ccc(-c2ccccc2)cc1. The summed E-state index contributed by atoms with van der Waals surface area (Å²) >= 11 is 3.85. The van der Waals surface area contributed by atoms with Gasteiger partial charge in [-0.05, 0) is 83.6 Å². The normalized spacial score (nSPS) is 12.4. The van der Waals surface area contributed by atoms with E-state index in [9.17, 15) is 0 Å². The molecule has 6 aromatic carbocycles. The van der Waals surface area contributed by atoms with Crippen LogP contribution in [0.15, 0.2) is 147 Å². The summed E-state index contributed by atoms with van der Waals surface area (Å²) in [6.45, 7) is 4.45. The summed E-state index contributed by atoms with van der Waals surface area (Å²) < 4.78 is 2.42. The van der Waals surface area contributed by atoms with Crippen LogP contribution in [0.2, 0.25) is 0 Å². The molecule has 0 fully saturated rings. The summed E-state index contributed by atoms with van der Waals surface area (Å²) in [5.41, 5.74) is 11.5. The number of fused-ring (bicyclic) bond motifs is 6. The molecule has 196 valence electrons. The Morgan fingerprint density at radius 1 is 0.488 bits per heavy atom. The third-order valence-electron chi connectivity index (χ3n) is 8.16. The van der Waals surface area contributed by atoms with E-state index in [0.717, 1.165) is 0 Å². The molecule has 0 saturated carbocycles. The Kier molecular flexibility index (Phi) is 5.84. The molecular formula is C38H27NS2. The topological polar surface area (TPSA) is 4.93 Å². The lowest BCUT2D eigenvalue weighted by Crippen LogP contribution is -1.97. The van der Waals surface area contributed by atoms with Gasteiger partial charge in [0.05, 0.1) is 11.0 Å². The van der Waals surface area contributed by atoms with E-state index >= 15 is 0 Å². The molecule has 0 saturated heterocycles. The highest BCUT2D eigenvalue weighted by molar-refractivity contribution is 8.05. The summed E-state index contributed by atoms with van der Waals surface area (Å²) in [5, 5.41) is 2.64. The van der Waals surface area contributed by atoms with E-state index in [2.05, 4.69) is 146 Å². The Bertz CT molecular complexity index is 2100. The second-order valence-electron chi connectivity index (χ2n) is 10.7. The van der Waals surface area contributed by atoms with E-state index in [0.29, 0.717) is 0 Å². The van der Waals surface area contributed by atoms with Gasteiger partial charge in [0.2, 0.25) is 0 Å². The number of aromatic nitrogens is 1. The first-order valence-corrected chi connectivity index (χ1v) is 15.6. The van der Waals surface area contributed by atoms with Crippen LogP contribution in [0.5, 0.6) is 0 Å². The lowest BCUT2D eigenvalue weighted by molar-refractivity contribution is 1.15. The minimum absolute atomic E-state index is 1.18. The molecule has 3 heteroatoms. The number of hydrogen-bond donors (Lipinski definition) is 0. The molecule has 0 amide bonds. The highest BCUT2D eigenvalue weighted by Crippen LogP contribution is 2.56. The van der Waals surface area contributed by atoms with Crippen molar-refractivity contribution in [1.29, 1.82) is 0 Å². The van der Waals surface area contributed by atoms with Crippen molar-refractivity contribution in [2.75, 3.05) is 0 Å². The van der Waals surface area contributed by atoms with Crippen molar-refractivity contribution in [1.82, 2.24) is 4.57 Å². The van der Waals surface area contributed by atoms with E-state index in [1.54, 1.807) is 0 Å². The van der Waals surface area contributed by atoms with Crippen molar-refractivity contribution in [3.05, 3.63) is 139 Å². The molecule has 8 rings (SSSR count). The van der Waals surface area contributed by atoms with Crippen LogP contribution < -0.4 is 0 Å². The predicted molar refractivity (Wildman–Crippen MR) is 176 cm³/mol. The number of para-hydroxylation sites is 1. The fourth-order valence-corrected chi connectivity index (χ4v) is 8.78. The lowest BCUT2D eigenvalue weighted by atomic mass is 9.97. The van der Waals surface area contributed by atoms with Crippen LogP contribution >= 0.6 is 23.5 Å². The largest absolute Gasteiger partial charge is 0.309 e. The van der Waals surface area contributed by atoms with Gasteiger partial charge in [0, 0.05) is 36.0 Å². The van der Waals surface area contributed by atoms with Gasteiger partial charge in [-0.1, -0.05) is 115 Å². The summed E-state index contributed by atoms with van der Waals surface area (Å²) in [6, 6.07) is 46.4. The summed E-state index contributed by atoms with van der Waals surface area (Å²) in [7, 11) is 0. The van der Waals surface area contributed by atoms with E-state index < -0.39 is 0 Å². The standard InChI is InChI=1S/C38H27NS2/c1-24-10-6-7-13-29(24)35-25(2)16-22-33-37(35)40-34-23-21-32-36(38(34)41-33)30-14-8-9-15-31(30)39(32)28-19-17-27(18-20-28)26-11-4-3-5-12-26/h3-23H,1-2H3. The zero-order chi connectivity index (χ0) is 27.5. The van der Waals surface area contributed by atoms with Crippen LogP contribution in [0.1, 0.15) is 11.1 Å². The van der Waals surface area contributed by atoms with Crippen molar-refractivity contribution in [3.8, 4) is 27.9 Å². The van der Waals surface area contributed by atoms with Crippen molar-refractivity contribution in [2.45, 2.75) is 33.4 Å². The fraction of sp³-hybridized carbons (Fsp3) is 0.0526. The third kappa shape index (κ3) is 3.95. The highest BCUT2D eigenvalue weighted by atomic mass is 32.2. The molecule has 1 aliphatic heterocycles. The summed E-state index contributed by atoms with van der Waals surface area (Å²) in [6.07, 6.45) is 0. The maximum atomic E-state index is 2.42. The smallest absolute Gasteiger partial charge is 0.0553 e. The zero-order valence-corrected chi connectivity index (χ0v) is 24.5. The van der Waals surface area contributed by atoms with Crippen LogP contribution in [0.25, 0.3) is 49.7 Å². The van der Waals surface area contributed by atoms with E-state index in [1.807, 2.05) is 23.5 Å². The molecule has 0 spiro atoms. The van der Waals surface area contributed by atoms with E-state index in [-0.39, 0.29) is 0 Å².